The van der Waals surface area contributed by atoms with E-state index in [4.69, 9.17) is 14.7 Å². The number of aromatic amines is 1. The number of aryl methyl sites for hydroxylation is 1. The summed E-state index contributed by atoms with van der Waals surface area (Å²) in [5, 5.41) is 12.2. The molecule has 2 unspecified atom stereocenters. The summed E-state index contributed by atoms with van der Waals surface area (Å²) in [4.78, 5) is 16.5. The number of H-pyrrole nitrogens is 1. The lowest BCUT2D eigenvalue weighted by Crippen LogP contribution is -2.18. The Labute approximate surface area is 201 Å². The van der Waals surface area contributed by atoms with E-state index in [9.17, 15) is 0 Å². The van der Waals surface area contributed by atoms with Crippen molar-refractivity contribution < 1.29 is 4.74 Å². The van der Waals surface area contributed by atoms with Crippen LogP contribution in [0.5, 0.6) is 0 Å². The van der Waals surface area contributed by atoms with Gasteiger partial charge in [-0.1, -0.05) is 30.3 Å². The number of nitrogens with one attached hydrogen (secondary N) is 2. The van der Waals surface area contributed by atoms with Gasteiger partial charge in [-0.3, -0.25) is 5.10 Å². The summed E-state index contributed by atoms with van der Waals surface area (Å²) >= 11 is 1.64. The summed E-state index contributed by atoms with van der Waals surface area (Å²) in [7, 11) is 3.75. The molecule has 2 N–H and O–H groups in total. The van der Waals surface area contributed by atoms with Crippen molar-refractivity contribution in [3.05, 3.63) is 55.0 Å². The minimum atomic E-state index is 0.277. The first-order valence-corrected chi connectivity index (χ1v) is 12.2. The van der Waals surface area contributed by atoms with E-state index in [1.54, 1.807) is 24.6 Å². The molecule has 0 amide bonds. The summed E-state index contributed by atoms with van der Waals surface area (Å²) in [6, 6.07) is 12.7. The number of methoxy groups -OCH3 is 1. The third-order valence-electron chi connectivity index (χ3n) is 6.43. The zero-order valence-corrected chi connectivity index (χ0v) is 19.8. The van der Waals surface area contributed by atoms with E-state index in [0.717, 1.165) is 62.8 Å². The quantitative estimate of drug-likeness (QED) is 0.357. The second-order valence-corrected chi connectivity index (χ2v) is 9.58. The minimum Gasteiger partial charge on any atom is -0.381 e. The smallest absolute Gasteiger partial charge is 0.199 e. The van der Waals surface area contributed by atoms with Crippen molar-refractivity contribution in [2.24, 2.45) is 7.05 Å². The Morgan fingerprint density at radius 3 is 2.74 bits per heavy atom. The van der Waals surface area contributed by atoms with Crippen molar-refractivity contribution in [3.63, 3.8) is 0 Å². The van der Waals surface area contributed by atoms with Gasteiger partial charge >= 0.3 is 0 Å². The maximum absolute atomic E-state index is 5.62. The van der Waals surface area contributed by atoms with Crippen LogP contribution in [0.4, 0.5) is 5.82 Å². The molecule has 9 heteroatoms. The van der Waals surface area contributed by atoms with Gasteiger partial charge in [0.1, 0.15) is 16.3 Å². The average Bonchev–Trinajstić information content (AvgIpc) is 3.65. The first-order chi connectivity index (χ1) is 16.7. The highest BCUT2D eigenvalue weighted by molar-refractivity contribution is 7.22. The van der Waals surface area contributed by atoms with Gasteiger partial charge in [-0.2, -0.15) is 5.10 Å². The molecule has 0 aliphatic heterocycles. The van der Waals surface area contributed by atoms with Crippen LogP contribution >= 0.6 is 11.3 Å². The van der Waals surface area contributed by atoms with Crippen LogP contribution in [0.2, 0.25) is 0 Å². The molecule has 1 fully saturated rings. The van der Waals surface area contributed by atoms with Crippen LogP contribution in [0, 0.1) is 0 Å². The molecule has 1 aliphatic carbocycles. The predicted octanol–water partition coefficient (Wildman–Crippen LogP) is 5.13. The van der Waals surface area contributed by atoms with Gasteiger partial charge in [0.15, 0.2) is 11.6 Å². The van der Waals surface area contributed by atoms with Crippen molar-refractivity contribution in [2.75, 3.05) is 12.4 Å². The van der Waals surface area contributed by atoms with Gasteiger partial charge in [-0.15, -0.1) is 11.3 Å². The Morgan fingerprint density at radius 2 is 2.03 bits per heavy atom. The molecule has 0 bridgehead atoms. The maximum atomic E-state index is 5.62. The van der Waals surface area contributed by atoms with Gasteiger partial charge in [-0.25, -0.2) is 15.0 Å². The molecule has 5 aromatic rings. The van der Waals surface area contributed by atoms with Gasteiger partial charge in [0.2, 0.25) is 0 Å². The summed E-state index contributed by atoms with van der Waals surface area (Å²) in [6.45, 7) is 0. The third kappa shape index (κ3) is 3.66. The number of hydrogen-bond donors (Lipinski definition) is 2. The molecule has 1 aliphatic rings. The van der Waals surface area contributed by atoms with Crippen molar-refractivity contribution >= 4 is 27.4 Å². The number of ether oxygens (including phenoxy) is 1. The van der Waals surface area contributed by atoms with Crippen LogP contribution in [0.25, 0.3) is 43.6 Å². The highest BCUT2D eigenvalue weighted by Gasteiger charge is 2.28. The number of fused-ring (bicyclic) bond motifs is 1. The Kier molecular flexibility index (Phi) is 5.35. The highest BCUT2D eigenvalue weighted by atomic mass is 32.1. The van der Waals surface area contributed by atoms with Crippen LogP contribution in [-0.4, -0.2) is 49.0 Å². The number of thiophene rings is 1. The van der Waals surface area contributed by atoms with Gasteiger partial charge in [0.25, 0.3) is 0 Å². The number of hydrogen-bond acceptors (Lipinski definition) is 7. The molecule has 4 heterocycles. The fourth-order valence-electron chi connectivity index (χ4n) is 4.71. The van der Waals surface area contributed by atoms with E-state index < -0.39 is 0 Å². The van der Waals surface area contributed by atoms with E-state index in [-0.39, 0.29) is 12.1 Å². The number of rotatable bonds is 6. The first-order valence-electron chi connectivity index (χ1n) is 11.4. The molecular formula is C25H25N7OS. The summed E-state index contributed by atoms with van der Waals surface area (Å²) < 4.78 is 7.56. The van der Waals surface area contributed by atoms with Crippen molar-refractivity contribution in [3.8, 4) is 33.3 Å². The number of benzene rings is 1. The highest BCUT2D eigenvalue weighted by Crippen LogP contribution is 2.46. The van der Waals surface area contributed by atoms with Crippen LogP contribution < -0.4 is 5.32 Å². The summed E-state index contributed by atoms with van der Waals surface area (Å²) in [5.74, 6) is 2.18. The first kappa shape index (κ1) is 21.0. The molecule has 4 aromatic heterocycles. The molecule has 1 saturated carbocycles. The molecule has 1 aromatic carbocycles. The summed E-state index contributed by atoms with van der Waals surface area (Å²) in [5.41, 5.74) is 3.11. The lowest BCUT2D eigenvalue weighted by atomic mass is 10.0. The Balaban J connectivity index is 1.59. The number of nitrogens with zero attached hydrogens (tertiary/aromatic N) is 5. The Hall–Kier alpha value is -3.56. The lowest BCUT2D eigenvalue weighted by molar-refractivity contribution is 0.108. The molecular weight excluding hydrogens is 446 g/mol. The van der Waals surface area contributed by atoms with Crippen LogP contribution in [0.3, 0.4) is 0 Å². The Bertz CT molecular complexity index is 1420. The second kappa shape index (κ2) is 8.66. The lowest BCUT2D eigenvalue weighted by Gasteiger charge is -2.16. The van der Waals surface area contributed by atoms with Gasteiger partial charge < -0.3 is 14.6 Å². The van der Waals surface area contributed by atoms with Crippen LogP contribution in [0.1, 0.15) is 19.3 Å². The zero-order chi connectivity index (χ0) is 23.1. The molecule has 8 nitrogen and oxygen atoms in total. The van der Waals surface area contributed by atoms with Gasteiger partial charge in [-0.05, 0) is 30.9 Å². The number of aromatic nitrogens is 6. The fraction of sp³-hybridized carbons (Fsp3) is 0.280. The van der Waals surface area contributed by atoms with E-state index in [1.807, 2.05) is 36.1 Å². The number of imidazole rings is 1. The van der Waals surface area contributed by atoms with Crippen LogP contribution in [0.15, 0.2) is 55.0 Å². The van der Waals surface area contributed by atoms with E-state index in [2.05, 4.69) is 44.8 Å². The molecule has 172 valence electrons. The van der Waals surface area contributed by atoms with Gasteiger partial charge in [0.05, 0.1) is 16.4 Å². The maximum Gasteiger partial charge on any atom is 0.199 e. The van der Waals surface area contributed by atoms with Gasteiger partial charge in [0, 0.05) is 44.4 Å². The third-order valence-corrected chi connectivity index (χ3v) is 7.53. The predicted molar refractivity (Wildman–Crippen MR) is 135 cm³/mol. The monoisotopic (exact) mass is 471 g/mol. The van der Waals surface area contributed by atoms with E-state index >= 15 is 0 Å². The second-order valence-electron chi connectivity index (χ2n) is 8.58. The van der Waals surface area contributed by atoms with E-state index in [1.165, 1.54) is 0 Å². The number of anilines is 1. The van der Waals surface area contributed by atoms with Crippen molar-refractivity contribution in [1.82, 2.24) is 29.7 Å². The molecule has 0 spiro atoms. The standard InChI is InChI=1S/C25H25N7OS/c1-32-13-12-26-24(32)23-29-22(28-16-8-9-17(14-16)33-2)20-19(15-6-4-3-5-7-15)21(34-25(20)30-23)18-10-11-27-31-18/h3-7,10-13,16-17H,8-9,14H2,1-2H3,(H,27,31)(H,28,29,30). The molecule has 0 radical (unpaired) electrons. The van der Waals surface area contributed by atoms with Crippen molar-refractivity contribution in [1.29, 1.82) is 0 Å². The normalized spacial score (nSPS) is 18.1. The van der Waals surface area contributed by atoms with Crippen molar-refractivity contribution in [2.45, 2.75) is 31.4 Å². The average molecular weight is 472 g/mol. The largest absolute Gasteiger partial charge is 0.381 e. The minimum absolute atomic E-state index is 0.277. The Morgan fingerprint density at radius 1 is 1.15 bits per heavy atom. The zero-order valence-electron chi connectivity index (χ0n) is 19.0. The molecule has 34 heavy (non-hydrogen) atoms. The topological polar surface area (TPSA) is 93.5 Å². The van der Waals surface area contributed by atoms with Crippen LogP contribution in [-0.2, 0) is 11.8 Å². The SMILES string of the molecule is COC1CCC(Nc2nc(-c3nccn3C)nc3sc(-c4cc[nH]n4)c(-c4ccccc4)c23)C1. The molecule has 6 rings (SSSR count). The summed E-state index contributed by atoms with van der Waals surface area (Å²) in [6.07, 6.45) is 8.85. The fourth-order valence-corrected chi connectivity index (χ4v) is 5.88. The van der Waals surface area contributed by atoms with E-state index in [0.29, 0.717) is 5.82 Å². The molecule has 2 atom stereocenters. The molecule has 0 saturated heterocycles.